The molecule has 1 atom stereocenters. The molecule has 1 amide bonds. The van der Waals surface area contributed by atoms with Gasteiger partial charge in [-0.2, -0.15) is 0 Å². The van der Waals surface area contributed by atoms with Gasteiger partial charge in [-0.3, -0.25) is 14.5 Å². The van der Waals surface area contributed by atoms with Gasteiger partial charge in [0.25, 0.3) is 5.78 Å². The number of ketones is 1. The molecule has 3 aromatic carbocycles. The van der Waals surface area contributed by atoms with Crippen molar-refractivity contribution < 1.29 is 19.4 Å². The van der Waals surface area contributed by atoms with E-state index >= 15 is 0 Å². The van der Waals surface area contributed by atoms with Gasteiger partial charge in [-0.25, -0.2) is 4.98 Å². The smallest absolute Gasteiger partial charge is 0.301 e. The zero-order chi connectivity index (χ0) is 24.9. The summed E-state index contributed by atoms with van der Waals surface area (Å²) < 4.78 is 6.21. The Bertz CT molecular complexity index is 1520. The minimum absolute atomic E-state index is 0.0457. The summed E-state index contributed by atoms with van der Waals surface area (Å²) in [4.78, 5) is 32.9. The highest BCUT2D eigenvalue weighted by molar-refractivity contribution is 7.22. The van der Waals surface area contributed by atoms with Crippen molar-refractivity contribution in [2.45, 2.75) is 26.8 Å². The molecular weight excluding hydrogens is 460 g/mol. The van der Waals surface area contributed by atoms with Gasteiger partial charge < -0.3 is 9.84 Å². The molecule has 0 aliphatic carbocycles. The third-order valence-electron chi connectivity index (χ3n) is 6.26. The van der Waals surface area contributed by atoms with E-state index in [0.29, 0.717) is 22.0 Å². The van der Waals surface area contributed by atoms with Crippen molar-refractivity contribution in [3.05, 3.63) is 94.1 Å². The van der Waals surface area contributed by atoms with E-state index in [0.717, 1.165) is 26.9 Å². The normalized spacial score (nSPS) is 17.4. The number of nitrogens with zero attached hydrogens (tertiary/aromatic N) is 2. The van der Waals surface area contributed by atoms with E-state index in [4.69, 9.17) is 4.74 Å². The fraction of sp³-hybridized carbons (Fsp3) is 0.179. The van der Waals surface area contributed by atoms with Gasteiger partial charge in [-0.05, 0) is 67.8 Å². The molecule has 1 aliphatic heterocycles. The number of Topliss-reactive ketones (excluding diaryl/α,β-unsaturated/α-hetero) is 1. The number of aliphatic hydroxyl groups is 1. The highest BCUT2D eigenvalue weighted by Crippen LogP contribution is 2.45. The fourth-order valence-electron chi connectivity index (χ4n) is 4.39. The second-order valence-corrected chi connectivity index (χ2v) is 9.74. The summed E-state index contributed by atoms with van der Waals surface area (Å²) in [5.41, 5.74) is 4.83. The number of anilines is 1. The van der Waals surface area contributed by atoms with Crippen molar-refractivity contribution in [1.82, 2.24) is 4.98 Å². The maximum atomic E-state index is 13.4. The molecule has 176 valence electrons. The third-order valence-corrected chi connectivity index (χ3v) is 7.28. The molecule has 35 heavy (non-hydrogen) atoms. The topological polar surface area (TPSA) is 79.7 Å². The molecule has 4 aromatic rings. The molecule has 2 heterocycles. The molecule has 1 N–H and O–H groups in total. The second-order valence-electron chi connectivity index (χ2n) is 8.73. The monoisotopic (exact) mass is 484 g/mol. The van der Waals surface area contributed by atoms with Gasteiger partial charge in [0.05, 0.1) is 28.9 Å². The lowest BCUT2D eigenvalue weighted by Crippen LogP contribution is -2.29. The Labute approximate surface area is 207 Å². The standard InChI is InChI=1S/C28H24N2O4S/c1-15-5-7-17(3)20(13-15)25(31)23-24(18-8-10-19(34-4)11-9-18)30(27(33)26(23)32)28-29-21-12-6-16(2)14-22(21)35-28/h5-14,24,31H,1-4H3. The molecule has 1 aliphatic rings. The number of benzene rings is 3. The number of aromatic nitrogens is 1. The summed E-state index contributed by atoms with van der Waals surface area (Å²) in [6.07, 6.45) is 0. The number of ether oxygens (including phenoxy) is 1. The van der Waals surface area contributed by atoms with E-state index in [1.807, 2.05) is 57.2 Å². The van der Waals surface area contributed by atoms with Crippen LogP contribution >= 0.6 is 11.3 Å². The number of methoxy groups -OCH3 is 1. The van der Waals surface area contributed by atoms with E-state index in [2.05, 4.69) is 4.98 Å². The SMILES string of the molecule is COc1ccc(C2C(=C(O)c3cc(C)ccc3C)C(=O)C(=O)N2c2nc3ccc(C)cc3s2)cc1. The third kappa shape index (κ3) is 3.88. The number of aryl methyl sites for hydroxylation is 3. The zero-order valence-electron chi connectivity index (χ0n) is 19.8. The number of hydrogen-bond donors (Lipinski definition) is 1. The van der Waals surface area contributed by atoms with Gasteiger partial charge in [0.2, 0.25) is 0 Å². The number of carbonyl (C=O) groups is 2. The minimum Gasteiger partial charge on any atom is -0.507 e. The first-order valence-corrected chi connectivity index (χ1v) is 12.0. The molecular formula is C28H24N2O4S. The molecule has 0 spiro atoms. The van der Waals surface area contributed by atoms with Crippen molar-refractivity contribution in [3.63, 3.8) is 0 Å². The van der Waals surface area contributed by atoms with Crippen LogP contribution in [0.5, 0.6) is 5.75 Å². The maximum absolute atomic E-state index is 13.4. The summed E-state index contributed by atoms with van der Waals surface area (Å²) >= 11 is 1.35. The number of hydrogen-bond acceptors (Lipinski definition) is 6. The Hall–Kier alpha value is -3.97. The molecule has 7 heteroatoms. The highest BCUT2D eigenvalue weighted by atomic mass is 32.1. The summed E-state index contributed by atoms with van der Waals surface area (Å²) in [5.74, 6) is -0.992. The van der Waals surface area contributed by atoms with Crippen molar-refractivity contribution in [1.29, 1.82) is 0 Å². The Morgan fingerprint density at radius 3 is 2.37 bits per heavy atom. The lowest BCUT2D eigenvalue weighted by molar-refractivity contribution is -0.132. The van der Waals surface area contributed by atoms with Crippen LogP contribution in [0.2, 0.25) is 0 Å². The molecule has 6 nitrogen and oxygen atoms in total. The van der Waals surface area contributed by atoms with Crippen molar-refractivity contribution in [3.8, 4) is 5.75 Å². The lowest BCUT2D eigenvalue weighted by Gasteiger charge is -2.23. The average molecular weight is 485 g/mol. The second kappa shape index (κ2) is 8.67. The molecule has 1 fully saturated rings. The van der Waals surface area contributed by atoms with E-state index in [1.165, 1.54) is 16.2 Å². The van der Waals surface area contributed by atoms with E-state index in [9.17, 15) is 14.7 Å². The number of fused-ring (bicyclic) bond motifs is 1. The van der Waals surface area contributed by atoms with Crippen molar-refractivity contribution in [2.24, 2.45) is 0 Å². The fourth-order valence-corrected chi connectivity index (χ4v) is 5.48. The summed E-state index contributed by atoms with van der Waals surface area (Å²) in [7, 11) is 1.57. The largest absolute Gasteiger partial charge is 0.507 e. The maximum Gasteiger partial charge on any atom is 0.301 e. The van der Waals surface area contributed by atoms with E-state index in [1.54, 1.807) is 31.4 Å². The highest BCUT2D eigenvalue weighted by Gasteiger charge is 2.48. The molecule has 0 bridgehead atoms. The first-order chi connectivity index (χ1) is 16.8. The average Bonchev–Trinajstić information content (AvgIpc) is 3.38. The Balaban J connectivity index is 1.75. The molecule has 0 saturated carbocycles. The number of thiazole rings is 1. The number of rotatable bonds is 4. The van der Waals surface area contributed by atoms with Gasteiger partial charge in [0.1, 0.15) is 11.5 Å². The Morgan fingerprint density at radius 1 is 0.971 bits per heavy atom. The zero-order valence-corrected chi connectivity index (χ0v) is 20.6. The van der Waals surface area contributed by atoms with E-state index < -0.39 is 17.7 Å². The van der Waals surface area contributed by atoms with Gasteiger partial charge in [0.15, 0.2) is 5.13 Å². The molecule has 0 radical (unpaired) electrons. The predicted octanol–water partition coefficient (Wildman–Crippen LogP) is 5.86. The first-order valence-electron chi connectivity index (χ1n) is 11.2. The van der Waals surface area contributed by atoms with E-state index in [-0.39, 0.29) is 11.3 Å². The quantitative estimate of drug-likeness (QED) is 0.223. The number of carbonyl (C=O) groups excluding carboxylic acids is 2. The van der Waals surface area contributed by atoms with Crippen LogP contribution in [0.25, 0.3) is 16.0 Å². The molecule has 1 aromatic heterocycles. The minimum atomic E-state index is -0.831. The summed E-state index contributed by atoms with van der Waals surface area (Å²) in [6.45, 7) is 5.77. The van der Waals surface area contributed by atoms with Crippen LogP contribution < -0.4 is 9.64 Å². The van der Waals surface area contributed by atoms with Crippen LogP contribution in [-0.2, 0) is 9.59 Å². The summed E-state index contributed by atoms with van der Waals surface area (Å²) in [6, 6.07) is 17.8. The van der Waals surface area contributed by atoms with Crippen LogP contribution in [0.4, 0.5) is 5.13 Å². The van der Waals surface area contributed by atoms with Crippen LogP contribution in [0, 0.1) is 20.8 Å². The molecule has 1 unspecified atom stereocenters. The Morgan fingerprint density at radius 2 is 1.66 bits per heavy atom. The van der Waals surface area contributed by atoms with Gasteiger partial charge in [-0.15, -0.1) is 0 Å². The van der Waals surface area contributed by atoms with Gasteiger partial charge in [0, 0.05) is 5.56 Å². The Kier molecular flexibility index (Phi) is 5.65. The first kappa shape index (κ1) is 22.8. The van der Waals surface area contributed by atoms with Crippen molar-refractivity contribution >= 4 is 44.1 Å². The van der Waals surface area contributed by atoms with Crippen LogP contribution in [0.3, 0.4) is 0 Å². The van der Waals surface area contributed by atoms with Crippen LogP contribution in [-0.4, -0.2) is 28.9 Å². The molecule has 5 rings (SSSR count). The van der Waals surface area contributed by atoms with Gasteiger partial charge >= 0.3 is 5.91 Å². The predicted molar refractivity (Wildman–Crippen MR) is 138 cm³/mol. The lowest BCUT2D eigenvalue weighted by atomic mass is 9.93. The van der Waals surface area contributed by atoms with Gasteiger partial charge in [-0.1, -0.05) is 47.2 Å². The number of aliphatic hydroxyl groups excluding tert-OH is 1. The van der Waals surface area contributed by atoms with Crippen LogP contribution in [0.15, 0.2) is 66.2 Å². The molecule has 1 saturated heterocycles. The van der Waals surface area contributed by atoms with Crippen molar-refractivity contribution in [2.75, 3.05) is 12.0 Å². The van der Waals surface area contributed by atoms with Crippen LogP contribution in [0.1, 0.15) is 33.9 Å². The number of amides is 1. The summed E-state index contributed by atoms with van der Waals surface area (Å²) in [5, 5.41) is 11.8.